The van der Waals surface area contributed by atoms with E-state index < -0.39 is 4.92 Å². The van der Waals surface area contributed by atoms with Crippen molar-refractivity contribution in [2.24, 2.45) is 0 Å². The van der Waals surface area contributed by atoms with Crippen LogP contribution in [0.4, 0.5) is 5.69 Å². The number of fused-ring (bicyclic) bond motifs is 1. The van der Waals surface area contributed by atoms with Crippen molar-refractivity contribution in [1.82, 2.24) is 5.32 Å². The highest BCUT2D eigenvalue weighted by Gasteiger charge is 2.09. The van der Waals surface area contributed by atoms with E-state index in [1.807, 2.05) is 0 Å². The van der Waals surface area contributed by atoms with Crippen LogP contribution in [0.3, 0.4) is 0 Å². The van der Waals surface area contributed by atoms with E-state index in [1.54, 1.807) is 18.3 Å². The molecule has 0 aromatic heterocycles. The second-order valence-corrected chi connectivity index (χ2v) is 2.44. The fourth-order valence-electron chi connectivity index (χ4n) is 1.17. The first-order chi connectivity index (χ1) is 5.79. The van der Waals surface area contributed by atoms with E-state index >= 15 is 0 Å². The highest BCUT2D eigenvalue weighted by atomic mass is 16.6. The van der Waals surface area contributed by atoms with Gasteiger partial charge in [0.2, 0.25) is 0 Å². The molecule has 0 fully saturated rings. The van der Waals surface area contributed by atoms with Crippen LogP contribution >= 0.6 is 0 Å². The number of hydrogen-bond acceptors (Lipinski definition) is 2. The molecule has 59 valence electrons. The molecule has 0 atom stereocenters. The van der Waals surface area contributed by atoms with Crippen LogP contribution in [0.15, 0.2) is 18.2 Å². The van der Waals surface area contributed by atoms with Crippen molar-refractivity contribution in [2.75, 3.05) is 0 Å². The number of benzene rings is 1. The van der Waals surface area contributed by atoms with Crippen molar-refractivity contribution >= 4 is 18.1 Å². The van der Waals surface area contributed by atoms with Crippen LogP contribution in [0.2, 0.25) is 0 Å². The largest absolute Gasteiger partial charge is 0.278 e. The average molecular weight is 161 g/mol. The van der Waals surface area contributed by atoms with Gasteiger partial charge in [-0.05, 0) is 0 Å². The van der Waals surface area contributed by atoms with Crippen LogP contribution < -0.4 is 15.8 Å². The lowest BCUT2D eigenvalue weighted by molar-refractivity contribution is -0.385. The van der Waals surface area contributed by atoms with Gasteiger partial charge in [-0.1, -0.05) is 12.1 Å². The molecule has 0 aliphatic carbocycles. The molecule has 4 nitrogen and oxygen atoms in total. The minimum Gasteiger partial charge on any atom is -0.263 e. The van der Waals surface area contributed by atoms with Crippen LogP contribution in [0.5, 0.6) is 0 Å². The average Bonchev–Trinajstić information content (AvgIpc) is 2.49. The quantitative estimate of drug-likeness (QED) is 0.419. The Hall–Kier alpha value is -1.84. The number of non-ortho nitro benzene ring substituents is 1. The molecule has 0 N–H and O–H groups in total. The summed E-state index contributed by atoms with van der Waals surface area (Å²) < 4.78 is 0. The maximum atomic E-state index is 10.5. The topological polar surface area (TPSA) is 57.2 Å². The van der Waals surface area contributed by atoms with Crippen LogP contribution in [0.25, 0.3) is 12.4 Å². The second-order valence-electron chi connectivity index (χ2n) is 2.44. The molecular formula is C8H5N2O2. The van der Waals surface area contributed by atoms with Crippen molar-refractivity contribution < 1.29 is 4.92 Å². The van der Waals surface area contributed by atoms with Crippen LogP contribution in [-0.4, -0.2) is 4.92 Å². The molecule has 1 heterocycles. The highest BCUT2D eigenvalue weighted by Crippen LogP contribution is 2.00. The summed E-state index contributed by atoms with van der Waals surface area (Å²) in [5, 5.41) is 15.7. The third-order valence-electron chi connectivity index (χ3n) is 1.73. The Morgan fingerprint density at radius 2 is 2.17 bits per heavy atom. The first-order valence-corrected chi connectivity index (χ1v) is 3.43. The van der Waals surface area contributed by atoms with E-state index in [-0.39, 0.29) is 5.69 Å². The molecule has 0 bridgehead atoms. The summed E-state index contributed by atoms with van der Waals surface area (Å²) in [5.74, 6) is 0. The summed E-state index contributed by atoms with van der Waals surface area (Å²) in [5.41, 5.74) is 0.116. The van der Waals surface area contributed by atoms with Gasteiger partial charge in [0.05, 0.1) is 10.1 Å². The molecule has 1 aliphatic rings. The lowest BCUT2D eigenvalue weighted by Gasteiger charge is -1.88. The Kier molecular flexibility index (Phi) is 1.33. The van der Waals surface area contributed by atoms with Gasteiger partial charge < -0.3 is 0 Å². The first kappa shape index (κ1) is 6.84. The van der Waals surface area contributed by atoms with Crippen LogP contribution in [0.1, 0.15) is 0 Å². The molecule has 0 spiro atoms. The van der Waals surface area contributed by atoms with Gasteiger partial charge in [0.25, 0.3) is 5.69 Å². The van der Waals surface area contributed by atoms with Gasteiger partial charge in [-0.15, -0.1) is 0 Å². The van der Waals surface area contributed by atoms with E-state index in [9.17, 15) is 10.1 Å². The third-order valence-corrected chi connectivity index (χ3v) is 1.73. The summed E-state index contributed by atoms with van der Waals surface area (Å²) in [6, 6.07) is 4.93. The maximum Gasteiger partial charge on any atom is 0.278 e. The molecule has 0 saturated heterocycles. The Balaban J connectivity index is 2.84. The van der Waals surface area contributed by atoms with Gasteiger partial charge >= 0.3 is 0 Å². The zero-order valence-electron chi connectivity index (χ0n) is 6.10. The summed E-state index contributed by atoms with van der Waals surface area (Å²) >= 11 is 0. The SMILES string of the molecule is O=[N+]([O-])c1cccc2c1=C[N]C=2. The lowest BCUT2D eigenvalue weighted by Crippen LogP contribution is -2.23. The van der Waals surface area contributed by atoms with Gasteiger partial charge in [0.1, 0.15) is 0 Å². The first-order valence-electron chi connectivity index (χ1n) is 3.43. The summed E-state index contributed by atoms with van der Waals surface area (Å²) in [4.78, 5) is 10.1. The highest BCUT2D eigenvalue weighted by molar-refractivity contribution is 5.49. The van der Waals surface area contributed by atoms with Crippen molar-refractivity contribution in [2.45, 2.75) is 0 Å². The molecule has 4 heteroatoms. The van der Waals surface area contributed by atoms with Gasteiger partial charge in [0, 0.05) is 23.7 Å². The second kappa shape index (κ2) is 2.34. The zero-order chi connectivity index (χ0) is 8.55. The molecule has 0 unspecified atom stereocenters. The number of nitro groups is 1. The smallest absolute Gasteiger partial charge is 0.263 e. The van der Waals surface area contributed by atoms with E-state index in [0.717, 1.165) is 5.22 Å². The fraction of sp³-hybridized carbons (Fsp3) is 0. The standard InChI is InChI=1S/C8H5N2O2/c11-10(12)8-3-1-2-6-4-9-5-7(6)8/h1-5H. The fourth-order valence-corrected chi connectivity index (χ4v) is 1.17. The minimum atomic E-state index is -0.399. The number of nitrogens with zero attached hydrogens (tertiary/aromatic N) is 2. The maximum absolute atomic E-state index is 10.5. The summed E-state index contributed by atoms with van der Waals surface area (Å²) in [6.45, 7) is 0. The Labute approximate surface area is 68.0 Å². The van der Waals surface area contributed by atoms with E-state index in [1.165, 1.54) is 12.3 Å². The van der Waals surface area contributed by atoms with Gasteiger partial charge in [-0.3, -0.25) is 15.4 Å². The predicted molar refractivity (Wildman–Crippen MR) is 43.4 cm³/mol. The van der Waals surface area contributed by atoms with E-state index in [0.29, 0.717) is 5.22 Å². The third kappa shape index (κ3) is 0.852. The monoisotopic (exact) mass is 161 g/mol. The number of nitro benzene ring substituents is 1. The molecular weight excluding hydrogens is 156 g/mol. The Morgan fingerprint density at radius 1 is 1.33 bits per heavy atom. The zero-order valence-corrected chi connectivity index (χ0v) is 6.10. The van der Waals surface area contributed by atoms with Crippen LogP contribution in [-0.2, 0) is 0 Å². The van der Waals surface area contributed by atoms with Crippen molar-refractivity contribution in [3.63, 3.8) is 0 Å². The molecule has 12 heavy (non-hydrogen) atoms. The van der Waals surface area contributed by atoms with Gasteiger partial charge in [0.15, 0.2) is 0 Å². The minimum absolute atomic E-state index is 0.116. The van der Waals surface area contributed by atoms with Crippen molar-refractivity contribution in [3.8, 4) is 0 Å². The normalized spacial score (nSPS) is 12.3. The molecule has 1 aromatic rings. The molecule has 1 aromatic carbocycles. The Morgan fingerprint density at radius 3 is 2.92 bits per heavy atom. The molecule has 1 radical (unpaired) electrons. The molecule has 2 rings (SSSR count). The lowest BCUT2D eigenvalue weighted by atomic mass is 10.2. The number of hydrogen-bond donors (Lipinski definition) is 0. The summed E-state index contributed by atoms with van der Waals surface area (Å²) in [7, 11) is 0. The van der Waals surface area contributed by atoms with Gasteiger partial charge in [-0.25, -0.2) is 0 Å². The predicted octanol–water partition coefficient (Wildman–Crippen LogP) is -0.311. The van der Waals surface area contributed by atoms with Crippen LogP contribution in [0, 0.1) is 10.1 Å². The Bertz CT molecular complexity index is 451. The van der Waals surface area contributed by atoms with E-state index in [4.69, 9.17) is 0 Å². The van der Waals surface area contributed by atoms with Crippen molar-refractivity contribution in [3.05, 3.63) is 38.8 Å². The van der Waals surface area contributed by atoms with Gasteiger partial charge in [-0.2, -0.15) is 0 Å². The van der Waals surface area contributed by atoms with E-state index in [2.05, 4.69) is 5.32 Å². The van der Waals surface area contributed by atoms with Crippen molar-refractivity contribution in [1.29, 1.82) is 0 Å². The molecule has 1 aliphatic heterocycles. The molecule has 0 saturated carbocycles. The molecule has 0 amide bonds. The number of rotatable bonds is 1. The summed E-state index contributed by atoms with van der Waals surface area (Å²) in [6.07, 6.45) is 3.12.